The Balaban J connectivity index is 2.29. The minimum atomic E-state index is -0.139. The van der Waals surface area contributed by atoms with Gasteiger partial charge in [0.15, 0.2) is 0 Å². The van der Waals surface area contributed by atoms with Gasteiger partial charge in [-0.15, -0.1) is 0 Å². The van der Waals surface area contributed by atoms with Gasteiger partial charge in [-0.1, -0.05) is 28.1 Å². The molecule has 0 spiro atoms. The highest BCUT2D eigenvalue weighted by Crippen LogP contribution is 2.39. The number of hydrogen-bond acceptors (Lipinski definition) is 3. The Hall–Kier alpha value is -2.27. The molecule has 0 aromatic heterocycles. The number of rotatable bonds is 2. The van der Waals surface area contributed by atoms with Crippen molar-refractivity contribution in [2.75, 3.05) is 19.4 Å². The number of amides is 1. The van der Waals surface area contributed by atoms with E-state index in [1.54, 1.807) is 18.2 Å². The highest BCUT2D eigenvalue weighted by Gasteiger charge is 2.29. The lowest BCUT2D eigenvalue weighted by Crippen LogP contribution is -2.15. The van der Waals surface area contributed by atoms with Crippen molar-refractivity contribution < 1.29 is 9.90 Å². The molecule has 1 heterocycles. The zero-order chi connectivity index (χ0) is 15.9. The summed E-state index contributed by atoms with van der Waals surface area (Å²) < 4.78 is 0.911. The van der Waals surface area contributed by atoms with E-state index < -0.39 is 0 Å². The van der Waals surface area contributed by atoms with Crippen molar-refractivity contribution in [1.29, 1.82) is 0 Å². The van der Waals surface area contributed by atoms with Gasteiger partial charge in [0.1, 0.15) is 5.75 Å². The second-order valence-electron chi connectivity index (χ2n) is 5.31. The molecule has 2 aromatic carbocycles. The lowest BCUT2D eigenvalue weighted by atomic mass is 9.99. The quantitative estimate of drug-likeness (QED) is 0.807. The van der Waals surface area contributed by atoms with Gasteiger partial charge in [0.05, 0.1) is 11.3 Å². The first kappa shape index (κ1) is 14.7. The van der Waals surface area contributed by atoms with Crippen LogP contribution in [0, 0.1) is 0 Å². The maximum absolute atomic E-state index is 12.5. The number of aromatic hydroxyl groups is 1. The van der Waals surface area contributed by atoms with Crippen molar-refractivity contribution in [3.8, 4) is 5.75 Å². The highest BCUT2D eigenvalue weighted by atomic mass is 79.9. The molecule has 0 radical (unpaired) electrons. The van der Waals surface area contributed by atoms with Gasteiger partial charge in [0.2, 0.25) is 0 Å². The van der Waals surface area contributed by atoms with Crippen LogP contribution in [0.15, 0.2) is 46.9 Å². The molecule has 2 aromatic rings. The van der Waals surface area contributed by atoms with Crippen molar-refractivity contribution in [2.24, 2.45) is 0 Å². The maximum Gasteiger partial charge on any atom is 0.258 e. The summed E-state index contributed by atoms with van der Waals surface area (Å²) in [7, 11) is 3.77. The van der Waals surface area contributed by atoms with E-state index in [1.807, 2.05) is 43.3 Å². The predicted octanol–water partition coefficient (Wildman–Crippen LogP) is 3.54. The van der Waals surface area contributed by atoms with E-state index in [-0.39, 0.29) is 11.7 Å². The van der Waals surface area contributed by atoms with E-state index in [1.165, 1.54) is 0 Å². The summed E-state index contributed by atoms with van der Waals surface area (Å²) in [6.45, 7) is 0. The average Bonchev–Trinajstić information content (AvgIpc) is 2.75. The molecule has 3 rings (SSSR count). The van der Waals surface area contributed by atoms with Crippen molar-refractivity contribution >= 4 is 38.8 Å². The van der Waals surface area contributed by atoms with E-state index in [0.717, 1.165) is 27.0 Å². The molecule has 0 saturated carbocycles. The van der Waals surface area contributed by atoms with Crippen molar-refractivity contribution in [3.63, 3.8) is 0 Å². The fraction of sp³-hybridized carbons (Fsp3) is 0.118. The summed E-state index contributed by atoms with van der Waals surface area (Å²) in [6.07, 6.45) is 0. The van der Waals surface area contributed by atoms with Gasteiger partial charge in [0.25, 0.3) is 5.91 Å². The zero-order valence-electron chi connectivity index (χ0n) is 12.2. The highest BCUT2D eigenvalue weighted by molar-refractivity contribution is 9.10. The van der Waals surface area contributed by atoms with Crippen LogP contribution in [0.25, 0.3) is 11.3 Å². The Morgan fingerprint density at radius 3 is 2.64 bits per heavy atom. The molecule has 0 unspecified atom stereocenters. The number of benzene rings is 2. The summed E-state index contributed by atoms with van der Waals surface area (Å²) in [5.41, 5.74) is 3.81. The number of carbonyl (C=O) groups excluding carboxylic acids is 1. The molecule has 0 saturated heterocycles. The van der Waals surface area contributed by atoms with Gasteiger partial charge in [-0.25, -0.2) is 0 Å². The standard InChI is InChI=1S/C17H15BrN2O2/c1-20(2)16(10-4-3-5-12(21)8-10)15-13-9-11(18)6-7-14(13)19-17(15)22/h3-9,21H,1-2H3,(H,19,22)/b16-15-. The Bertz CT molecular complexity index is 797. The molecule has 2 N–H and O–H groups in total. The number of carbonyl (C=O) groups is 1. The monoisotopic (exact) mass is 358 g/mol. The number of hydrogen-bond donors (Lipinski definition) is 2. The second-order valence-corrected chi connectivity index (χ2v) is 6.23. The first-order chi connectivity index (χ1) is 10.5. The lowest BCUT2D eigenvalue weighted by molar-refractivity contribution is -0.110. The molecule has 1 aliphatic heterocycles. The largest absolute Gasteiger partial charge is 0.508 e. The predicted molar refractivity (Wildman–Crippen MR) is 91.4 cm³/mol. The van der Waals surface area contributed by atoms with Gasteiger partial charge < -0.3 is 15.3 Å². The first-order valence-corrected chi connectivity index (χ1v) is 7.59. The van der Waals surface area contributed by atoms with E-state index in [0.29, 0.717) is 5.57 Å². The summed E-state index contributed by atoms with van der Waals surface area (Å²) in [5.74, 6) is 0.0328. The molecule has 112 valence electrons. The van der Waals surface area contributed by atoms with Crippen LogP contribution in [0.4, 0.5) is 5.69 Å². The minimum absolute atomic E-state index is 0.139. The molecule has 0 atom stereocenters. The van der Waals surface area contributed by atoms with E-state index in [4.69, 9.17) is 0 Å². The van der Waals surface area contributed by atoms with Crippen LogP contribution >= 0.6 is 15.9 Å². The molecule has 0 aliphatic carbocycles. The van der Waals surface area contributed by atoms with Crippen LogP contribution in [-0.2, 0) is 4.79 Å². The fourth-order valence-corrected chi connectivity index (χ4v) is 3.01. The van der Waals surface area contributed by atoms with Crippen molar-refractivity contribution in [2.45, 2.75) is 0 Å². The SMILES string of the molecule is CN(C)/C(=C1\C(=O)Nc2ccc(Br)cc21)c1cccc(O)c1. The van der Waals surface area contributed by atoms with Crippen LogP contribution in [0.2, 0.25) is 0 Å². The Morgan fingerprint density at radius 2 is 1.95 bits per heavy atom. The lowest BCUT2D eigenvalue weighted by Gasteiger charge is -2.20. The smallest absolute Gasteiger partial charge is 0.258 e. The van der Waals surface area contributed by atoms with Crippen LogP contribution < -0.4 is 5.32 Å². The van der Waals surface area contributed by atoms with Crippen molar-refractivity contribution in [3.05, 3.63) is 58.1 Å². The summed E-state index contributed by atoms with van der Waals surface area (Å²) >= 11 is 3.45. The molecular formula is C17H15BrN2O2. The normalized spacial score (nSPS) is 15.3. The fourth-order valence-electron chi connectivity index (χ4n) is 2.65. The number of fused-ring (bicyclic) bond motifs is 1. The van der Waals surface area contributed by atoms with Crippen LogP contribution in [-0.4, -0.2) is 30.0 Å². The number of nitrogens with zero attached hydrogens (tertiary/aromatic N) is 1. The van der Waals surface area contributed by atoms with Gasteiger partial charge in [0, 0.05) is 35.4 Å². The van der Waals surface area contributed by atoms with Gasteiger partial charge in [-0.3, -0.25) is 4.79 Å². The third-order valence-electron chi connectivity index (χ3n) is 3.53. The number of phenols is 1. The Labute approximate surface area is 137 Å². The van der Waals surface area contributed by atoms with E-state index >= 15 is 0 Å². The third-order valence-corrected chi connectivity index (χ3v) is 4.02. The Morgan fingerprint density at radius 1 is 1.18 bits per heavy atom. The third kappa shape index (κ3) is 2.48. The number of halogens is 1. The van der Waals surface area contributed by atoms with Gasteiger partial charge in [-0.05, 0) is 30.3 Å². The average molecular weight is 359 g/mol. The molecule has 1 aliphatic rings. The molecular weight excluding hydrogens is 344 g/mol. The zero-order valence-corrected chi connectivity index (χ0v) is 13.8. The number of phenolic OH excluding ortho intramolecular Hbond substituents is 1. The number of anilines is 1. The number of nitrogens with one attached hydrogen (secondary N) is 1. The topological polar surface area (TPSA) is 52.6 Å². The van der Waals surface area contributed by atoms with Crippen LogP contribution in [0.3, 0.4) is 0 Å². The Kier molecular flexibility index (Phi) is 3.66. The van der Waals surface area contributed by atoms with Crippen molar-refractivity contribution in [1.82, 2.24) is 4.90 Å². The van der Waals surface area contributed by atoms with E-state index in [2.05, 4.69) is 21.2 Å². The molecule has 0 fully saturated rings. The molecule has 1 amide bonds. The summed E-state index contributed by atoms with van der Waals surface area (Å²) in [6, 6.07) is 12.6. The summed E-state index contributed by atoms with van der Waals surface area (Å²) in [4.78, 5) is 14.4. The molecule has 5 heteroatoms. The minimum Gasteiger partial charge on any atom is -0.508 e. The van der Waals surface area contributed by atoms with Crippen LogP contribution in [0.1, 0.15) is 11.1 Å². The van der Waals surface area contributed by atoms with E-state index in [9.17, 15) is 9.90 Å². The van der Waals surface area contributed by atoms with Crippen LogP contribution in [0.5, 0.6) is 5.75 Å². The maximum atomic E-state index is 12.5. The first-order valence-electron chi connectivity index (χ1n) is 6.79. The molecule has 4 nitrogen and oxygen atoms in total. The summed E-state index contributed by atoms with van der Waals surface area (Å²) in [5, 5.41) is 12.6. The van der Waals surface area contributed by atoms with Gasteiger partial charge >= 0.3 is 0 Å². The van der Waals surface area contributed by atoms with Gasteiger partial charge in [-0.2, -0.15) is 0 Å². The molecule has 0 bridgehead atoms. The second kappa shape index (κ2) is 5.50. The molecule has 22 heavy (non-hydrogen) atoms.